The van der Waals surface area contributed by atoms with Gasteiger partial charge in [-0.3, -0.25) is 4.55 Å². The van der Waals surface area contributed by atoms with Crippen LogP contribution in [0.1, 0.15) is 115 Å². The van der Waals surface area contributed by atoms with Gasteiger partial charge in [0.05, 0.1) is 11.9 Å². The van der Waals surface area contributed by atoms with E-state index < -0.39 is 10.1 Å². The maximum Gasteiger partial charge on any atom is 0.264 e. The summed E-state index contributed by atoms with van der Waals surface area (Å²) in [6, 6.07) is 6.58. The molecule has 5 heteroatoms. The molecule has 4 nitrogen and oxygen atoms in total. The molecule has 1 unspecified atom stereocenters. The monoisotopic (exact) mass is 454 g/mol. The van der Waals surface area contributed by atoms with Crippen LogP contribution in [0.3, 0.4) is 0 Å². The van der Waals surface area contributed by atoms with Crippen molar-refractivity contribution in [2.45, 2.75) is 123 Å². The predicted molar refractivity (Wildman–Crippen MR) is 132 cm³/mol. The maximum absolute atomic E-state index is 11.1. The van der Waals surface area contributed by atoms with E-state index in [4.69, 9.17) is 9.29 Å². The highest BCUT2D eigenvalue weighted by Crippen LogP contribution is 2.26. The topological polar surface area (TPSA) is 63.6 Å². The van der Waals surface area contributed by atoms with E-state index in [1.54, 1.807) is 0 Å². The van der Waals surface area contributed by atoms with Gasteiger partial charge in [0.2, 0.25) is 0 Å². The fraction of sp³-hybridized carbons (Fsp3) is 0.769. The first-order valence-corrected chi connectivity index (χ1v) is 14.2. The quantitative estimate of drug-likeness (QED) is 0.173. The molecular formula is C26H46O4S. The fourth-order valence-electron chi connectivity index (χ4n) is 3.87. The molecule has 1 rings (SSSR count). The summed E-state index contributed by atoms with van der Waals surface area (Å²) >= 11 is 0. The Balaban J connectivity index is 2.66. The molecule has 1 aromatic rings. The summed E-state index contributed by atoms with van der Waals surface area (Å²) in [7, 11) is -3.96. The molecule has 0 aromatic heterocycles. The van der Waals surface area contributed by atoms with Crippen LogP contribution in [0.15, 0.2) is 18.2 Å². The Morgan fingerprint density at radius 2 is 1.39 bits per heavy atom. The van der Waals surface area contributed by atoms with Crippen molar-refractivity contribution in [1.82, 2.24) is 0 Å². The summed E-state index contributed by atoms with van der Waals surface area (Å²) in [6.45, 7) is 6.35. The lowest BCUT2D eigenvalue weighted by Gasteiger charge is -2.18. The van der Waals surface area contributed by atoms with Crippen molar-refractivity contribution in [2.24, 2.45) is 0 Å². The highest BCUT2D eigenvalue weighted by molar-refractivity contribution is 7.85. The Morgan fingerprint density at radius 1 is 0.839 bits per heavy atom. The minimum Gasteiger partial charge on any atom is -0.490 e. The second-order valence-electron chi connectivity index (χ2n) is 8.98. The van der Waals surface area contributed by atoms with Gasteiger partial charge in [0.25, 0.3) is 10.1 Å². The van der Waals surface area contributed by atoms with Gasteiger partial charge in [0.15, 0.2) is 0 Å². The third kappa shape index (κ3) is 14.6. The zero-order chi connectivity index (χ0) is 23.0. The van der Waals surface area contributed by atoms with Gasteiger partial charge in [-0.2, -0.15) is 8.42 Å². The molecule has 1 atom stereocenters. The molecule has 0 aliphatic heterocycles. The van der Waals surface area contributed by atoms with Gasteiger partial charge in [-0.1, -0.05) is 90.2 Å². The summed E-state index contributed by atoms with van der Waals surface area (Å²) in [5.41, 5.74) is 2.50. The van der Waals surface area contributed by atoms with E-state index in [0.717, 1.165) is 25.0 Å². The smallest absolute Gasteiger partial charge is 0.264 e. The standard InChI is InChI=1S/C26H46O4S/c1-4-6-8-10-12-14-16-24-18-19-25(17-15-13-11-9-7-5-2)26(22-24)30-23(3)20-21-31(27,28)29/h18-19,22-23H,4-17,20-21H2,1-3H3,(H,27,28,29). The van der Waals surface area contributed by atoms with Crippen LogP contribution in [-0.4, -0.2) is 24.8 Å². The molecule has 180 valence electrons. The molecule has 0 spiro atoms. The van der Waals surface area contributed by atoms with Gasteiger partial charge in [0, 0.05) is 6.42 Å². The van der Waals surface area contributed by atoms with Gasteiger partial charge in [-0.15, -0.1) is 0 Å². The van der Waals surface area contributed by atoms with Crippen molar-refractivity contribution >= 4 is 10.1 Å². The molecule has 0 aliphatic carbocycles. The normalized spacial score (nSPS) is 12.8. The third-order valence-corrected chi connectivity index (χ3v) is 6.61. The van der Waals surface area contributed by atoms with Crippen LogP contribution in [-0.2, 0) is 23.0 Å². The van der Waals surface area contributed by atoms with E-state index in [0.29, 0.717) is 0 Å². The molecule has 1 aromatic carbocycles. The van der Waals surface area contributed by atoms with Gasteiger partial charge < -0.3 is 4.74 Å². The maximum atomic E-state index is 11.1. The van der Waals surface area contributed by atoms with Crippen LogP contribution in [0.5, 0.6) is 5.75 Å². The molecule has 31 heavy (non-hydrogen) atoms. The van der Waals surface area contributed by atoms with Crippen molar-refractivity contribution < 1.29 is 17.7 Å². The van der Waals surface area contributed by atoms with Crippen LogP contribution in [0.2, 0.25) is 0 Å². The lowest BCUT2D eigenvalue weighted by molar-refractivity contribution is 0.214. The minimum absolute atomic E-state index is 0.255. The molecule has 1 N–H and O–H groups in total. The molecular weight excluding hydrogens is 408 g/mol. The lowest BCUT2D eigenvalue weighted by atomic mass is 10.00. The van der Waals surface area contributed by atoms with Gasteiger partial charge in [0.1, 0.15) is 5.75 Å². The average molecular weight is 455 g/mol. The van der Waals surface area contributed by atoms with E-state index in [1.165, 1.54) is 81.8 Å². The predicted octanol–water partition coefficient (Wildman–Crippen LogP) is 7.54. The van der Waals surface area contributed by atoms with Crippen molar-refractivity contribution in [1.29, 1.82) is 0 Å². The van der Waals surface area contributed by atoms with E-state index in [-0.39, 0.29) is 18.3 Å². The van der Waals surface area contributed by atoms with Crippen LogP contribution in [0, 0.1) is 0 Å². The fourth-order valence-corrected chi connectivity index (χ4v) is 4.50. The van der Waals surface area contributed by atoms with E-state index in [2.05, 4.69) is 32.0 Å². The summed E-state index contributed by atoms with van der Waals surface area (Å²) < 4.78 is 37.3. The second kappa shape index (κ2) is 16.5. The minimum atomic E-state index is -3.96. The second-order valence-corrected chi connectivity index (χ2v) is 10.6. The van der Waals surface area contributed by atoms with Crippen LogP contribution < -0.4 is 4.74 Å². The van der Waals surface area contributed by atoms with Crippen molar-refractivity contribution in [3.63, 3.8) is 0 Å². The SMILES string of the molecule is CCCCCCCCc1ccc(CCCCCCCC)c(OC(C)CCS(=O)(=O)O)c1. The Bertz CT molecular complexity index is 685. The molecule has 0 amide bonds. The summed E-state index contributed by atoms with van der Waals surface area (Å²) in [6.07, 6.45) is 17.3. The Labute approximate surface area is 191 Å². The van der Waals surface area contributed by atoms with Crippen molar-refractivity contribution in [2.75, 3.05) is 5.75 Å². The molecule has 0 saturated carbocycles. The number of rotatable bonds is 19. The molecule has 0 fully saturated rings. The summed E-state index contributed by atoms with van der Waals surface area (Å²) in [4.78, 5) is 0. The summed E-state index contributed by atoms with van der Waals surface area (Å²) in [5, 5.41) is 0. The molecule has 0 bridgehead atoms. The van der Waals surface area contributed by atoms with Crippen LogP contribution >= 0.6 is 0 Å². The first-order chi connectivity index (χ1) is 14.9. The largest absolute Gasteiger partial charge is 0.490 e. The number of hydrogen-bond donors (Lipinski definition) is 1. The highest BCUT2D eigenvalue weighted by Gasteiger charge is 2.13. The van der Waals surface area contributed by atoms with E-state index in [9.17, 15) is 8.42 Å². The number of ether oxygens (including phenoxy) is 1. The first kappa shape index (κ1) is 28.0. The molecule has 0 heterocycles. The van der Waals surface area contributed by atoms with Crippen molar-refractivity contribution in [3.05, 3.63) is 29.3 Å². The molecule has 0 saturated heterocycles. The number of benzene rings is 1. The molecule has 0 radical (unpaired) electrons. The Hall–Kier alpha value is -1.07. The zero-order valence-corrected chi connectivity index (χ0v) is 21.0. The first-order valence-electron chi connectivity index (χ1n) is 12.6. The van der Waals surface area contributed by atoms with Gasteiger partial charge >= 0.3 is 0 Å². The number of hydrogen-bond acceptors (Lipinski definition) is 3. The van der Waals surface area contributed by atoms with E-state index >= 15 is 0 Å². The Kier molecular flexibility index (Phi) is 14.9. The third-order valence-electron chi connectivity index (χ3n) is 5.86. The van der Waals surface area contributed by atoms with E-state index in [1.807, 2.05) is 6.92 Å². The Morgan fingerprint density at radius 3 is 1.97 bits per heavy atom. The zero-order valence-electron chi connectivity index (χ0n) is 20.2. The van der Waals surface area contributed by atoms with Crippen molar-refractivity contribution in [3.8, 4) is 5.75 Å². The van der Waals surface area contributed by atoms with Gasteiger partial charge in [-0.05, 0) is 49.8 Å². The average Bonchev–Trinajstić information content (AvgIpc) is 2.72. The number of unbranched alkanes of at least 4 members (excludes halogenated alkanes) is 10. The van der Waals surface area contributed by atoms with Crippen LogP contribution in [0.4, 0.5) is 0 Å². The van der Waals surface area contributed by atoms with Gasteiger partial charge in [-0.25, -0.2) is 0 Å². The summed E-state index contributed by atoms with van der Waals surface area (Å²) in [5.74, 6) is 0.623. The lowest BCUT2D eigenvalue weighted by Crippen LogP contribution is -2.18. The highest BCUT2D eigenvalue weighted by atomic mass is 32.2. The molecule has 0 aliphatic rings. The number of aryl methyl sites for hydroxylation is 2. The van der Waals surface area contributed by atoms with Crippen LogP contribution in [0.25, 0.3) is 0 Å².